The van der Waals surface area contributed by atoms with Crippen LogP contribution in [0.3, 0.4) is 0 Å². The van der Waals surface area contributed by atoms with Gasteiger partial charge in [-0.3, -0.25) is 4.57 Å². The predicted molar refractivity (Wildman–Crippen MR) is 58.1 cm³/mol. The lowest BCUT2D eigenvalue weighted by Gasteiger charge is -2.31. The Morgan fingerprint density at radius 1 is 1.33 bits per heavy atom. The van der Waals surface area contributed by atoms with Crippen LogP contribution < -0.4 is 4.72 Å². The predicted octanol–water partition coefficient (Wildman–Crippen LogP) is 0.796. The Morgan fingerprint density at radius 2 is 1.73 bits per heavy atom. The van der Waals surface area contributed by atoms with Crippen LogP contribution in [0.2, 0.25) is 0 Å². The highest BCUT2D eigenvalue weighted by Gasteiger charge is 2.36. The van der Waals surface area contributed by atoms with Gasteiger partial charge in [0.2, 0.25) is 0 Å². The SMILES string of the molecule is CCC(CC)(CP(=O)(O)O)NS(=O)(=O)Cl. The highest BCUT2D eigenvalue weighted by molar-refractivity contribution is 8.12. The topological polar surface area (TPSA) is 104 Å². The molecular weight excluding hydrogens is 265 g/mol. The van der Waals surface area contributed by atoms with Crippen LogP contribution in [0.4, 0.5) is 0 Å². The zero-order valence-corrected chi connectivity index (χ0v) is 10.9. The first-order valence-electron chi connectivity index (χ1n) is 4.32. The number of halogens is 1. The Morgan fingerprint density at radius 3 is 1.93 bits per heavy atom. The van der Waals surface area contributed by atoms with Crippen LogP contribution in [0.5, 0.6) is 0 Å². The van der Waals surface area contributed by atoms with E-state index in [0.29, 0.717) is 0 Å². The summed E-state index contributed by atoms with van der Waals surface area (Å²) >= 11 is 0. The number of hydrogen-bond donors (Lipinski definition) is 3. The Bertz CT molecular complexity index is 347. The summed E-state index contributed by atoms with van der Waals surface area (Å²) in [6.45, 7) is 3.27. The molecule has 0 aliphatic heterocycles. The van der Waals surface area contributed by atoms with Crippen LogP contribution in [0.1, 0.15) is 26.7 Å². The van der Waals surface area contributed by atoms with Crippen molar-refractivity contribution in [3.8, 4) is 0 Å². The van der Waals surface area contributed by atoms with Crippen molar-refractivity contribution >= 4 is 27.5 Å². The molecule has 0 saturated carbocycles. The number of hydrogen-bond acceptors (Lipinski definition) is 3. The molecule has 6 nitrogen and oxygen atoms in total. The zero-order valence-electron chi connectivity index (χ0n) is 8.47. The molecule has 0 rings (SSSR count). The van der Waals surface area contributed by atoms with E-state index in [2.05, 4.69) is 4.72 Å². The van der Waals surface area contributed by atoms with Crippen LogP contribution in [-0.2, 0) is 13.8 Å². The average molecular weight is 280 g/mol. The zero-order chi connectivity index (χ0) is 12.3. The molecule has 0 aliphatic rings. The van der Waals surface area contributed by atoms with E-state index in [4.69, 9.17) is 20.5 Å². The molecule has 0 atom stereocenters. The Labute approximate surface area is 93.7 Å². The summed E-state index contributed by atoms with van der Waals surface area (Å²) in [6.07, 6.45) is -0.0555. The standard InChI is InChI=1S/C6H15ClNO5PS/c1-3-6(4-2,5-14(9,10)11)8-15(7,12)13/h8H,3-5H2,1-2H3,(H2,9,10,11). The minimum Gasteiger partial charge on any atom is -0.324 e. The van der Waals surface area contributed by atoms with Crippen molar-refractivity contribution < 1.29 is 22.8 Å². The van der Waals surface area contributed by atoms with E-state index in [1.807, 2.05) is 0 Å². The van der Waals surface area contributed by atoms with E-state index >= 15 is 0 Å². The molecule has 3 N–H and O–H groups in total. The highest BCUT2D eigenvalue weighted by atomic mass is 35.7. The molecule has 0 radical (unpaired) electrons. The molecule has 0 aromatic carbocycles. The smallest absolute Gasteiger partial charge is 0.324 e. The lowest BCUT2D eigenvalue weighted by molar-refractivity contribution is 0.328. The van der Waals surface area contributed by atoms with Gasteiger partial charge < -0.3 is 9.79 Å². The highest BCUT2D eigenvalue weighted by Crippen LogP contribution is 2.40. The lowest BCUT2D eigenvalue weighted by Crippen LogP contribution is -2.48. The molecule has 0 aromatic rings. The van der Waals surface area contributed by atoms with E-state index in [1.54, 1.807) is 13.8 Å². The van der Waals surface area contributed by atoms with Gasteiger partial charge in [0.25, 0.3) is 9.24 Å². The minimum atomic E-state index is -4.29. The van der Waals surface area contributed by atoms with Gasteiger partial charge in [0.05, 0.1) is 6.16 Å². The second kappa shape index (κ2) is 5.12. The van der Waals surface area contributed by atoms with Gasteiger partial charge in [0.1, 0.15) is 0 Å². The Balaban J connectivity index is 4.98. The third-order valence-electron chi connectivity index (χ3n) is 2.20. The molecule has 92 valence electrons. The molecule has 15 heavy (non-hydrogen) atoms. The first kappa shape index (κ1) is 15.3. The quantitative estimate of drug-likeness (QED) is 0.493. The van der Waals surface area contributed by atoms with Gasteiger partial charge in [-0.05, 0) is 12.8 Å². The fourth-order valence-electron chi connectivity index (χ4n) is 1.30. The third kappa shape index (κ3) is 6.50. The fraction of sp³-hybridized carbons (Fsp3) is 1.00. The molecule has 9 heteroatoms. The van der Waals surface area contributed by atoms with Crippen molar-refractivity contribution in [2.24, 2.45) is 0 Å². The Kier molecular flexibility index (Phi) is 5.24. The van der Waals surface area contributed by atoms with Crippen LogP contribution in [0.15, 0.2) is 0 Å². The average Bonchev–Trinajstić information content (AvgIpc) is 1.98. The summed E-state index contributed by atoms with van der Waals surface area (Å²) in [5.41, 5.74) is -1.18. The summed E-state index contributed by atoms with van der Waals surface area (Å²) in [4.78, 5) is 17.7. The summed E-state index contributed by atoms with van der Waals surface area (Å²) in [7, 11) is -3.28. The second-order valence-corrected chi connectivity index (χ2v) is 7.29. The molecule has 0 heterocycles. The third-order valence-corrected chi connectivity index (χ3v) is 4.13. The molecule has 0 saturated heterocycles. The van der Waals surface area contributed by atoms with Crippen molar-refractivity contribution in [3.63, 3.8) is 0 Å². The molecule has 0 aromatic heterocycles. The number of nitrogens with one attached hydrogen (secondary N) is 1. The van der Waals surface area contributed by atoms with Gasteiger partial charge in [-0.25, -0.2) is 0 Å². The van der Waals surface area contributed by atoms with Crippen molar-refractivity contribution in [1.82, 2.24) is 4.72 Å². The van der Waals surface area contributed by atoms with Gasteiger partial charge in [-0.2, -0.15) is 13.1 Å². The first-order valence-corrected chi connectivity index (χ1v) is 8.42. The van der Waals surface area contributed by atoms with Crippen LogP contribution in [0.25, 0.3) is 0 Å². The number of rotatable bonds is 6. The summed E-state index contributed by atoms with van der Waals surface area (Å²) in [5, 5.41) is 0. The summed E-state index contributed by atoms with van der Waals surface area (Å²) in [6, 6.07) is 0. The molecule has 0 aliphatic carbocycles. The van der Waals surface area contributed by atoms with Crippen molar-refractivity contribution in [3.05, 3.63) is 0 Å². The second-order valence-electron chi connectivity index (χ2n) is 3.35. The lowest BCUT2D eigenvalue weighted by atomic mass is 9.97. The van der Waals surface area contributed by atoms with Crippen LogP contribution in [0, 0.1) is 0 Å². The van der Waals surface area contributed by atoms with Gasteiger partial charge in [-0.1, -0.05) is 13.8 Å². The van der Waals surface area contributed by atoms with Gasteiger partial charge in [0, 0.05) is 16.2 Å². The van der Waals surface area contributed by atoms with Crippen molar-refractivity contribution in [2.45, 2.75) is 32.2 Å². The summed E-state index contributed by atoms with van der Waals surface area (Å²) in [5.74, 6) is 0. The largest absolute Gasteiger partial charge is 0.327 e. The van der Waals surface area contributed by atoms with E-state index in [0.717, 1.165) is 0 Å². The van der Waals surface area contributed by atoms with E-state index in [1.165, 1.54) is 0 Å². The van der Waals surface area contributed by atoms with E-state index < -0.39 is 28.5 Å². The fourth-order valence-corrected chi connectivity index (χ4v) is 4.09. The molecule has 0 unspecified atom stereocenters. The van der Waals surface area contributed by atoms with E-state index in [9.17, 15) is 13.0 Å². The monoisotopic (exact) mass is 279 g/mol. The normalized spacial score (nSPS) is 14.2. The van der Waals surface area contributed by atoms with Crippen LogP contribution in [-0.4, -0.2) is 29.9 Å². The molecule has 0 spiro atoms. The minimum absolute atomic E-state index is 0.251. The molecule has 0 amide bonds. The molecule has 0 fully saturated rings. The van der Waals surface area contributed by atoms with Gasteiger partial charge in [0.15, 0.2) is 0 Å². The maximum Gasteiger partial charge on any atom is 0.327 e. The Hall–Kier alpha value is 0.350. The first-order chi connectivity index (χ1) is 6.54. The van der Waals surface area contributed by atoms with Crippen molar-refractivity contribution in [2.75, 3.05) is 6.16 Å². The maximum atomic E-state index is 10.9. The summed E-state index contributed by atoms with van der Waals surface area (Å²) < 4.78 is 34.6. The van der Waals surface area contributed by atoms with Crippen LogP contribution >= 0.6 is 18.3 Å². The van der Waals surface area contributed by atoms with Gasteiger partial charge >= 0.3 is 7.60 Å². The molecule has 0 bridgehead atoms. The maximum absolute atomic E-state index is 10.9. The van der Waals surface area contributed by atoms with Crippen molar-refractivity contribution in [1.29, 1.82) is 0 Å². The van der Waals surface area contributed by atoms with Gasteiger partial charge in [-0.15, -0.1) is 0 Å². The molecular formula is C6H15ClNO5PS. The van der Waals surface area contributed by atoms with E-state index in [-0.39, 0.29) is 12.8 Å².